The van der Waals surface area contributed by atoms with Crippen LogP contribution in [0, 0.1) is 12.7 Å². The Morgan fingerprint density at radius 1 is 1.09 bits per heavy atom. The highest BCUT2D eigenvalue weighted by atomic mass is 35.5. The first-order chi connectivity index (χ1) is 15.9. The Morgan fingerprint density at radius 2 is 1.85 bits per heavy atom. The van der Waals surface area contributed by atoms with Crippen LogP contribution in [0.2, 0.25) is 5.02 Å². The molecule has 0 fully saturated rings. The molecule has 0 aliphatic carbocycles. The lowest BCUT2D eigenvalue weighted by molar-refractivity contribution is 0.134. The largest absolute Gasteiger partial charge is 0.497 e. The van der Waals surface area contributed by atoms with E-state index in [0.29, 0.717) is 35.1 Å². The number of carbonyl (C=O) groups is 1. The number of hydrogen-bond acceptors (Lipinski definition) is 3. The van der Waals surface area contributed by atoms with Gasteiger partial charge in [0, 0.05) is 39.8 Å². The van der Waals surface area contributed by atoms with Crippen molar-refractivity contribution in [1.29, 1.82) is 0 Å². The van der Waals surface area contributed by atoms with Crippen LogP contribution in [0.4, 0.5) is 9.18 Å². The molecule has 5 nitrogen and oxygen atoms in total. The van der Waals surface area contributed by atoms with Crippen LogP contribution in [0.1, 0.15) is 28.4 Å². The Kier molecular flexibility index (Phi) is 5.46. The van der Waals surface area contributed by atoms with Crippen molar-refractivity contribution in [3.63, 3.8) is 0 Å². The Hall–Kier alpha value is -3.51. The van der Waals surface area contributed by atoms with Gasteiger partial charge in [-0.1, -0.05) is 29.3 Å². The van der Waals surface area contributed by atoms with E-state index in [2.05, 4.69) is 4.98 Å². The van der Waals surface area contributed by atoms with Crippen molar-refractivity contribution in [3.05, 3.63) is 93.9 Å². The van der Waals surface area contributed by atoms with Gasteiger partial charge in [-0.3, -0.25) is 4.90 Å². The predicted molar refractivity (Wildman–Crippen MR) is 126 cm³/mol. The fraction of sp³-hybridized carbons (Fsp3) is 0.192. The number of amides is 1. The third kappa shape index (κ3) is 3.91. The predicted octanol–water partition coefficient (Wildman–Crippen LogP) is 6.42. The first kappa shape index (κ1) is 21.3. The molecule has 1 N–H and O–H groups in total. The van der Waals surface area contributed by atoms with Gasteiger partial charge in [0.05, 0.1) is 7.11 Å². The van der Waals surface area contributed by atoms with Crippen LogP contribution in [0.25, 0.3) is 10.9 Å². The third-order valence-electron chi connectivity index (χ3n) is 6.05. The summed E-state index contributed by atoms with van der Waals surface area (Å²) in [6, 6.07) is 16.8. The van der Waals surface area contributed by atoms with Crippen molar-refractivity contribution in [1.82, 2.24) is 9.88 Å². The number of rotatable bonds is 3. The average molecular weight is 465 g/mol. The van der Waals surface area contributed by atoms with Gasteiger partial charge in [0.1, 0.15) is 23.4 Å². The summed E-state index contributed by atoms with van der Waals surface area (Å²) in [5.41, 5.74) is 4.08. The Morgan fingerprint density at radius 3 is 2.58 bits per heavy atom. The van der Waals surface area contributed by atoms with Crippen molar-refractivity contribution >= 4 is 28.6 Å². The van der Waals surface area contributed by atoms with Crippen LogP contribution in [0.5, 0.6) is 11.5 Å². The molecule has 0 bridgehead atoms. The van der Waals surface area contributed by atoms with Gasteiger partial charge in [0.2, 0.25) is 0 Å². The highest BCUT2D eigenvalue weighted by molar-refractivity contribution is 6.31. The molecule has 168 valence electrons. The number of benzene rings is 3. The molecule has 0 saturated heterocycles. The van der Waals surface area contributed by atoms with Crippen LogP contribution in [0.15, 0.2) is 60.7 Å². The highest BCUT2D eigenvalue weighted by Crippen LogP contribution is 2.40. The summed E-state index contributed by atoms with van der Waals surface area (Å²) in [6.07, 6.45) is 0.0499. The van der Waals surface area contributed by atoms with Crippen LogP contribution in [-0.4, -0.2) is 29.6 Å². The normalized spacial score (nSPS) is 15.4. The second-order valence-electron chi connectivity index (χ2n) is 8.12. The Labute approximate surface area is 195 Å². The number of nitrogens with zero attached hydrogens (tertiary/aromatic N) is 1. The number of fused-ring (bicyclic) bond motifs is 3. The smallest absolute Gasteiger partial charge is 0.416 e. The monoisotopic (exact) mass is 464 g/mol. The molecule has 7 heteroatoms. The van der Waals surface area contributed by atoms with E-state index in [4.69, 9.17) is 21.1 Å². The Balaban J connectivity index is 1.61. The minimum atomic E-state index is -0.691. The zero-order chi connectivity index (χ0) is 23.1. The van der Waals surface area contributed by atoms with E-state index in [-0.39, 0.29) is 0 Å². The van der Waals surface area contributed by atoms with Crippen molar-refractivity contribution in [2.45, 2.75) is 19.4 Å². The van der Waals surface area contributed by atoms with Gasteiger partial charge < -0.3 is 14.5 Å². The summed E-state index contributed by atoms with van der Waals surface area (Å²) in [6.45, 7) is 2.33. The lowest BCUT2D eigenvalue weighted by Gasteiger charge is -2.35. The van der Waals surface area contributed by atoms with Gasteiger partial charge in [-0.2, -0.15) is 0 Å². The van der Waals surface area contributed by atoms with Crippen molar-refractivity contribution < 1.29 is 18.7 Å². The van der Waals surface area contributed by atoms with Gasteiger partial charge in [0.25, 0.3) is 0 Å². The number of nitrogens with one attached hydrogen (secondary N) is 1. The maximum absolute atomic E-state index is 15.2. The molecule has 1 unspecified atom stereocenters. The maximum Gasteiger partial charge on any atom is 0.416 e. The molecule has 1 aliphatic heterocycles. The summed E-state index contributed by atoms with van der Waals surface area (Å²) < 4.78 is 26.1. The number of aromatic amines is 1. The number of methoxy groups -OCH3 is 1. The van der Waals surface area contributed by atoms with Crippen LogP contribution >= 0.6 is 11.6 Å². The second kappa shape index (κ2) is 8.45. The van der Waals surface area contributed by atoms with E-state index in [0.717, 1.165) is 27.7 Å². The van der Waals surface area contributed by atoms with Gasteiger partial charge in [-0.25, -0.2) is 9.18 Å². The second-order valence-corrected chi connectivity index (χ2v) is 8.56. The average Bonchev–Trinajstić information content (AvgIpc) is 3.18. The number of halogens is 2. The number of hydrogen-bond donors (Lipinski definition) is 1. The van der Waals surface area contributed by atoms with Crippen molar-refractivity contribution in [3.8, 4) is 11.5 Å². The van der Waals surface area contributed by atoms with E-state index in [1.165, 1.54) is 13.2 Å². The summed E-state index contributed by atoms with van der Waals surface area (Å²) >= 11 is 6.24. The van der Waals surface area contributed by atoms with E-state index >= 15 is 4.39 Å². The molecule has 1 aromatic heterocycles. The molecule has 2 heterocycles. The molecule has 0 spiro atoms. The third-order valence-corrected chi connectivity index (χ3v) is 6.29. The molecule has 4 aromatic rings. The standard InChI is InChI=1S/C26H22ClFN2O3/c1-15-3-6-17(7-4-15)33-26(31)30-12-11-19-21-13-16(27)5-10-23(21)29-24(19)25(30)20-9-8-18(32-2)14-22(20)28/h3-10,13-14,25,29H,11-12H2,1-2H3. The molecular weight excluding hydrogens is 443 g/mol. The lowest BCUT2D eigenvalue weighted by atomic mass is 9.92. The topological polar surface area (TPSA) is 54.6 Å². The Bertz CT molecular complexity index is 1350. The number of ether oxygens (including phenoxy) is 2. The molecule has 1 atom stereocenters. The molecule has 0 saturated carbocycles. The zero-order valence-electron chi connectivity index (χ0n) is 18.2. The molecule has 1 aliphatic rings. The first-order valence-corrected chi connectivity index (χ1v) is 11.0. The molecule has 5 rings (SSSR count). The van der Waals surface area contributed by atoms with Crippen molar-refractivity contribution in [2.24, 2.45) is 0 Å². The van der Waals surface area contributed by atoms with E-state index in [1.54, 1.807) is 35.2 Å². The molecule has 1 amide bonds. The van der Waals surface area contributed by atoms with Crippen LogP contribution in [-0.2, 0) is 6.42 Å². The van der Waals surface area contributed by atoms with Gasteiger partial charge in [0.15, 0.2) is 0 Å². The van der Waals surface area contributed by atoms with Crippen LogP contribution < -0.4 is 9.47 Å². The molecule has 33 heavy (non-hydrogen) atoms. The van der Waals surface area contributed by atoms with E-state index in [9.17, 15) is 4.79 Å². The van der Waals surface area contributed by atoms with Gasteiger partial charge in [-0.15, -0.1) is 0 Å². The van der Waals surface area contributed by atoms with Crippen molar-refractivity contribution in [2.75, 3.05) is 13.7 Å². The van der Waals surface area contributed by atoms with Gasteiger partial charge in [-0.05, 0) is 61.4 Å². The van der Waals surface area contributed by atoms with E-state index in [1.807, 2.05) is 31.2 Å². The minimum absolute atomic E-state index is 0.357. The molecule has 0 radical (unpaired) electrons. The number of aryl methyl sites for hydroxylation is 1. The summed E-state index contributed by atoms with van der Waals surface area (Å²) in [5.74, 6) is 0.385. The highest BCUT2D eigenvalue weighted by Gasteiger charge is 2.37. The summed E-state index contributed by atoms with van der Waals surface area (Å²) in [5, 5.41) is 1.60. The van der Waals surface area contributed by atoms with E-state index < -0.39 is 18.0 Å². The maximum atomic E-state index is 15.2. The quantitative estimate of drug-likeness (QED) is 0.380. The SMILES string of the molecule is COc1ccc(C2c3[nH]c4ccc(Cl)cc4c3CCN2C(=O)Oc2ccc(C)cc2)c(F)c1. The van der Waals surface area contributed by atoms with Gasteiger partial charge >= 0.3 is 6.09 Å². The fourth-order valence-corrected chi connectivity index (χ4v) is 4.58. The lowest BCUT2D eigenvalue weighted by Crippen LogP contribution is -2.42. The number of carbonyl (C=O) groups excluding carboxylic acids is 1. The minimum Gasteiger partial charge on any atom is -0.497 e. The number of aromatic nitrogens is 1. The number of H-pyrrole nitrogens is 1. The van der Waals surface area contributed by atoms with Crippen LogP contribution in [0.3, 0.4) is 0 Å². The molecular formula is C26H22ClFN2O3. The summed E-state index contributed by atoms with van der Waals surface area (Å²) in [7, 11) is 1.49. The zero-order valence-corrected chi connectivity index (χ0v) is 18.9. The fourth-order valence-electron chi connectivity index (χ4n) is 4.40. The first-order valence-electron chi connectivity index (χ1n) is 10.6. The summed E-state index contributed by atoms with van der Waals surface area (Å²) in [4.78, 5) is 18.2. The molecule has 3 aromatic carbocycles.